The van der Waals surface area contributed by atoms with Crippen LogP contribution < -0.4 is 0 Å². The number of nitrogens with zero attached hydrogens (tertiary/aromatic N) is 1. The third kappa shape index (κ3) is 3.09. The first kappa shape index (κ1) is 20.0. The number of benzene rings is 1. The fourth-order valence-corrected chi connectivity index (χ4v) is 9.71. The first-order chi connectivity index (χ1) is 13.8. The minimum Gasteiger partial charge on any atom is -0.342 e. The molecule has 5 rings (SSSR count). The summed E-state index contributed by atoms with van der Waals surface area (Å²) in [7, 11) is 2.08. The van der Waals surface area contributed by atoms with E-state index < -0.39 is 0 Å². The highest BCUT2D eigenvalue weighted by atomic mass is 32.2. The molecule has 0 radical (unpaired) electrons. The normalized spacial score (nSPS) is 46.8. The first-order valence-electron chi connectivity index (χ1n) is 11.8. The van der Waals surface area contributed by atoms with Gasteiger partial charge in [-0.15, -0.1) is 11.8 Å². The van der Waals surface area contributed by atoms with Crippen molar-refractivity contribution >= 4 is 17.7 Å². The molecule has 158 valence electrons. The summed E-state index contributed by atoms with van der Waals surface area (Å²) in [5.74, 6) is 3.61. The van der Waals surface area contributed by atoms with Crippen molar-refractivity contribution in [1.29, 1.82) is 0 Å². The van der Waals surface area contributed by atoms with Gasteiger partial charge < -0.3 is 4.90 Å². The smallest absolute Gasteiger partial charge is 0.222 e. The summed E-state index contributed by atoms with van der Waals surface area (Å²) < 4.78 is 0. The molecule has 0 aromatic heterocycles. The highest BCUT2D eigenvalue weighted by Crippen LogP contribution is 2.67. The van der Waals surface area contributed by atoms with Gasteiger partial charge in [0.1, 0.15) is 0 Å². The second-order valence-corrected chi connectivity index (χ2v) is 12.6. The van der Waals surface area contributed by atoms with Crippen molar-refractivity contribution in [3.63, 3.8) is 0 Å². The van der Waals surface area contributed by atoms with Gasteiger partial charge in [-0.1, -0.05) is 39.0 Å². The van der Waals surface area contributed by atoms with E-state index in [1.807, 2.05) is 0 Å². The van der Waals surface area contributed by atoms with Crippen LogP contribution in [0.25, 0.3) is 0 Å². The van der Waals surface area contributed by atoms with Gasteiger partial charge in [-0.25, -0.2) is 0 Å². The molecule has 0 bridgehead atoms. The zero-order chi connectivity index (χ0) is 20.4. The number of piperidine rings is 1. The second kappa shape index (κ2) is 7.04. The van der Waals surface area contributed by atoms with E-state index in [0.717, 1.165) is 41.8 Å². The standard InChI is InChI=1S/C26H37NOS/c1-17-14-22-26(3,13-11-23(28)27(22)4)20-10-12-25(2)16-19(15-21(25)24(17)20)29-18-8-6-5-7-9-18/h5-9,17,19-22,24H,10-16H2,1-4H3/t17?,19-,20-,21-,22+,24?,25+,26+/m0/s1. The van der Waals surface area contributed by atoms with E-state index >= 15 is 0 Å². The molecule has 1 aromatic carbocycles. The van der Waals surface area contributed by atoms with Crippen molar-refractivity contribution in [3.8, 4) is 0 Å². The summed E-state index contributed by atoms with van der Waals surface area (Å²) >= 11 is 2.13. The van der Waals surface area contributed by atoms with Crippen molar-refractivity contribution in [3.05, 3.63) is 30.3 Å². The SMILES string of the molecule is CC1C[C@H]2N(C)C(=O)CC[C@]2(C)[C@H]2CC[C@]3(C)C[C@@H](Sc4ccccc4)C[C@H]3C12. The monoisotopic (exact) mass is 411 g/mol. The molecule has 2 unspecified atom stereocenters. The van der Waals surface area contributed by atoms with Crippen LogP contribution in [-0.4, -0.2) is 29.1 Å². The molecule has 2 nitrogen and oxygen atoms in total. The number of carbonyl (C=O) groups is 1. The Kier molecular flexibility index (Phi) is 4.85. The lowest BCUT2D eigenvalue weighted by atomic mass is 9.45. The molecule has 3 heteroatoms. The maximum Gasteiger partial charge on any atom is 0.222 e. The van der Waals surface area contributed by atoms with E-state index in [1.165, 1.54) is 37.0 Å². The lowest BCUT2D eigenvalue weighted by Crippen LogP contribution is -2.62. The van der Waals surface area contributed by atoms with Crippen molar-refractivity contribution in [2.75, 3.05) is 7.05 Å². The Hall–Kier alpha value is -0.960. The zero-order valence-electron chi connectivity index (χ0n) is 18.6. The molecular weight excluding hydrogens is 374 g/mol. The quantitative estimate of drug-likeness (QED) is 0.573. The number of likely N-dealkylation sites (tertiary alicyclic amines) is 1. The number of hydrogen-bond acceptors (Lipinski definition) is 2. The van der Waals surface area contributed by atoms with Crippen LogP contribution in [0.3, 0.4) is 0 Å². The summed E-state index contributed by atoms with van der Waals surface area (Å²) in [5.41, 5.74) is 0.841. The first-order valence-corrected chi connectivity index (χ1v) is 12.7. The maximum atomic E-state index is 12.4. The largest absolute Gasteiger partial charge is 0.342 e. The Balaban J connectivity index is 1.41. The molecule has 3 aliphatic carbocycles. The van der Waals surface area contributed by atoms with E-state index in [-0.39, 0.29) is 0 Å². The fraction of sp³-hybridized carbons (Fsp3) is 0.731. The Labute approximate surface area is 181 Å². The van der Waals surface area contributed by atoms with Gasteiger partial charge in [0, 0.05) is 29.7 Å². The van der Waals surface area contributed by atoms with Crippen molar-refractivity contribution in [2.24, 2.45) is 34.5 Å². The Morgan fingerprint density at radius 2 is 1.83 bits per heavy atom. The molecule has 1 aliphatic heterocycles. The van der Waals surface area contributed by atoms with Crippen LogP contribution in [0.5, 0.6) is 0 Å². The number of hydrogen-bond donors (Lipinski definition) is 0. The van der Waals surface area contributed by atoms with E-state index in [2.05, 4.69) is 74.8 Å². The number of fused-ring (bicyclic) bond motifs is 5. The minimum atomic E-state index is 0.325. The van der Waals surface area contributed by atoms with Crippen LogP contribution in [0.2, 0.25) is 0 Å². The van der Waals surface area contributed by atoms with Crippen molar-refractivity contribution in [1.82, 2.24) is 4.90 Å². The van der Waals surface area contributed by atoms with Gasteiger partial charge in [0.15, 0.2) is 0 Å². The fourth-order valence-electron chi connectivity index (χ4n) is 8.24. The van der Waals surface area contributed by atoms with Crippen LogP contribution in [0, 0.1) is 34.5 Å². The minimum absolute atomic E-state index is 0.325. The third-order valence-corrected chi connectivity index (χ3v) is 10.9. The predicted molar refractivity (Wildman–Crippen MR) is 121 cm³/mol. The van der Waals surface area contributed by atoms with E-state index in [9.17, 15) is 4.79 Å². The molecule has 3 saturated carbocycles. The van der Waals surface area contributed by atoms with Gasteiger partial charge in [-0.05, 0) is 85.2 Å². The average molecular weight is 412 g/mol. The number of thioether (sulfide) groups is 1. The third-order valence-electron chi connectivity index (χ3n) is 9.71. The molecule has 29 heavy (non-hydrogen) atoms. The summed E-state index contributed by atoms with van der Waals surface area (Å²) in [6.45, 7) is 7.66. The van der Waals surface area contributed by atoms with Crippen LogP contribution in [-0.2, 0) is 4.79 Å². The van der Waals surface area contributed by atoms with E-state index in [1.54, 1.807) is 0 Å². The second-order valence-electron chi connectivity index (χ2n) is 11.2. The van der Waals surface area contributed by atoms with E-state index in [0.29, 0.717) is 22.8 Å². The summed E-state index contributed by atoms with van der Waals surface area (Å²) in [4.78, 5) is 16.0. The Morgan fingerprint density at radius 1 is 1.07 bits per heavy atom. The van der Waals surface area contributed by atoms with Crippen LogP contribution in [0.1, 0.15) is 65.7 Å². The summed E-state index contributed by atoms with van der Waals surface area (Å²) in [5, 5.41) is 0.763. The number of amides is 1. The summed E-state index contributed by atoms with van der Waals surface area (Å²) in [6.07, 6.45) is 8.61. The molecule has 1 saturated heterocycles. The van der Waals surface area contributed by atoms with Gasteiger partial charge in [0.2, 0.25) is 5.91 Å². The van der Waals surface area contributed by atoms with Gasteiger partial charge in [-0.3, -0.25) is 4.79 Å². The molecule has 1 amide bonds. The maximum absolute atomic E-state index is 12.4. The van der Waals surface area contributed by atoms with E-state index in [4.69, 9.17) is 0 Å². The van der Waals surface area contributed by atoms with Gasteiger partial charge in [0.25, 0.3) is 0 Å². The van der Waals surface area contributed by atoms with Crippen LogP contribution in [0.4, 0.5) is 0 Å². The Morgan fingerprint density at radius 3 is 2.59 bits per heavy atom. The highest BCUT2D eigenvalue weighted by Gasteiger charge is 2.62. The molecule has 1 heterocycles. The lowest BCUT2D eigenvalue weighted by Gasteiger charge is -2.63. The van der Waals surface area contributed by atoms with Crippen LogP contribution >= 0.6 is 11.8 Å². The molecule has 1 aromatic rings. The Bertz CT molecular complexity index is 780. The zero-order valence-corrected chi connectivity index (χ0v) is 19.4. The molecule has 4 fully saturated rings. The molecule has 4 aliphatic rings. The molecule has 0 N–H and O–H groups in total. The predicted octanol–water partition coefficient (Wildman–Crippen LogP) is 6.26. The van der Waals surface area contributed by atoms with Crippen molar-refractivity contribution < 1.29 is 4.79 Å². The average Bonchev–Trinajstić information content (AvgIpc) is 3.03. The summed E-state index contributed by atoms with van der Waals surface area (Å²) in [6, 6.07) is 11.5. The highest BCUT2D eigenvalue weighted by molar-refractivity contribution is 8.00. The van der Waals surface area contributed by atoms with Gasteiger partial charge >= 0.3 is 0 Å². The van der Waals surface area contributed by atoms with Crippen molar-refractivity contribution in [2.45, 2.75) is 81.9 Å². The number of carbonyl (C=O) groups excluding carboxylic acids is 1. The topological polar surface area (TPSA) is 20.3 Å². The van der Waals surface area contributed by atoms with Gasteiger partial charge in [0.05, 0.1) is 0 Å². The molecule has 0 spiro atoms. The molecule has 8 atom stereocenters. The number of rotatable bonds is 2. The molecular formula is C26H37NOS. The lowest BCUT2D eigenvalue weighted by molar-refractivity contribution is -0.164. The van der Waals surface area contributed by atoms with Gasteiger partial charge in [-0.2, -0.15) is 0 Å². The van der Waals surface area contributed by atoms with Crippen LogP contribution in [0.15, 0.2) is 35.2 Å².